The van der Waals surface area contributed by atoms with Crippen molar-refractivity contribution in [2.24, 2.45) is 5.41 Å². The van der Waals surface area contributed by atoms with Crippen LogP contribution in [-0.4, -0.2) is 12.5 Å². The van der Waals surface area contributed by atoms with Crippen LogP contribution in [0, 0.1) is 5.41 Å². The lowest BCUT2D eigenvalue weighted by atomic mass is 9.97. The average molecular weight is 245 g/mol. The second kappa shape index (κ2) is 4.94. The molecule has 0 atom stereocenters. The van der Waals surface area contributed by atoms with Gasteiger partial charge in [-0.05, 0) is 11.5 Å². The number of fused-ring (bicyclic) bond motifs is 1. The number of allylic oxidation sites excluding steroid dienone is 1. The summed E-state index contributed by atoms with van der Waals surface area (Å²) in [5, 5.41) is 0. The third-order valence-electron chi connectivity index (χ3n) is 2.73. The monoisotopic (exact) mass is 245 g/mol. The predicted octanol–water partition coefficient (Wildman–Crippen LogP) is 3.11. The zero-order chi connectivity index (χ0) is 13.2. The molecule has 0 aliphatic carbocycles. The third-order valence-corrected chi connectivity index (χ3v) is 2.73. The van der Waals surface area contributed by atoms with Gasteiger partial charge in [-0.25, -0.2) is 0 Å². The van der Waals surface area contributed by atoms with Gasteiger partial charge in [-0.1, -0.05) is 45.0 Å². The van der Waals surface area contributed by atoms with E-state index in [-0.39, 0.29) is 17.9 Å². The zero-order valence-corrected chi connectivity index (χ0v) is 11.1. The molecular formula is C15H19NO2. The number of para-hydroxylation sites is 1. The van der Waals surface area contributed by atoms with E-state index in [1.165, 1.54) is 0 Å². The summed E-state index contributed by atoms with van der Waals surface area (Å²) < 4.78 is 5.37. The van der Waals surface area contributed by atoms with E-state index < -0.39 is 0 Å². The number of hydrogen-bond acceptors (Lipinski definition) is 2. The van der Waals surface area contributed by atoms with E-state index in [0.29, 0.717) is 6.61 Å². The molecule has 0 spiro atoms. The summed E-state index contributed by atoms with van der Waals surface area (Å²) >= 11 is 0. The molecule has 1 aliphatic heterocycles. The summed E-state index contributed by atoms with van der Waals surface area (Å²) in [7, 11) is 0. The Kier molecular flexibility index (Phi) is 3.53. The molecule has 1 aromatic rings. The van der Waals surface area contributed by atoms with Crippen LogP contribution in [0.5, 0.6) is 0 Å². The van der Waals surface area contributed by atoms with Gasteiger partial charge in [-0.15, -0.1) is 0 Å². The fraction of sp³-hybridized carbons (Fsp3) is 0.400. The van der Waals surface area contributed by atoms with Crippen LogP contribution in [0.15, 0.2) is 36.5 Å². The Morgan fingerprint density at radius 2 is 1.94 bits per heavy atom. The van der Waals surface area contributed by atoms with Gasteiger partial charge >= 0.3 is 0 Å². The minimum absolute atomic E-state index is 0.0274. The smallest absolute Gasteiger partial charge is 0.257 e. The first kappa shape index (κ1) is 12.8. The highest BCUT2D eigenvalue weighted by atomic mass is 16.5. The minimum Gasteiger partial charge on any atom is -0.367 e. The van der Waals surface area contributed by atoms with Crippen LogP contribution in [-0.2, 0) is 16.1 Å². The van der Waals surface area contributed by atoms with Gasteiger partial charge in [0, 0.05) is 11.8 Å². The fourth-order valence-corrected chi connectivity index (χ4v) is 1.78. The van der Waals surface area contributed by atoms with Gasteiger partial charge in [0.2, 0.25) is 0 Å². The van der Waals surface area contributed by atoms with Crippen LogP contribution in [0.25, 0.3) is 0 Å². The molecule has 0 fully saturated rings. The van der Waals surface area contributed by atoms with Crippen LogP contribution in [0.3, 0.4) is 0 Å². The first-order valence-corrected chi connectivity index (χ1v) is 6.14. The van der Waals surface area contributed by atoms with Gasteiger partial charge in [0.1, 0.15) is 6.61 Å². The second-order valence-corrected chi connectivity index (χ2v) is 5.57. The number of hydrogen-bond donors (Lipinski definition) is 0. The summed E-state index contributed by atoms with van der Waals surface area (Å²) in [4.78, 5) is 13.7. The maximum atomic E-state index is 12.0. The molecule has 2 rings (SSSR count). The fourth-order valence-electron chi connectivity index (χ4n) is 1.78. The molecule has 1 aromatic carbocycles. The van der Waals surface area contributed by atoms with Crippen molar-refractivity contribution in [3.05, 3.63) is 42.1 Å². The van der Waals surface area contributed by atoms with Crippen LogP contribution < -0.4 is 4.90 Å². The molecule has 1 heterocycles. The van der Waals surface area contributed by atoms with Crippen LogP contribution >= 0.6 is 0 Å². The lowest BCUT2D eigenvalue weighted by Gasteiger charge is -2.20. The Hall–Kier alpha value is -1.61. The van der Waals surface area contributed by atoms with Gasteiger partial charge in [0.15, 0.2) is 0 Å². The van der Waals surface area contributed by atoms with E-state index >= 15 is 0 Å². The van der Waals surface area contributed by atoms with Gasteiger partial charge < -0.3 is 4.74 Å². The Morgan fingerprint density at radius 1 is 1.22 bits per heavy atom. The average Bonchev–Trinajstić information content (AvgIpc) is 2.44. The molecule has 0 aromatic heterocycles. The number of benzene rings is 1. The molecule has 0 radical (unpaired) electrons. The van der Waals surface area contributed by atoms with Crippen LogP contribution in [0.1, 0.15) is 26.3 Å². The van der Waals surface area contributed by atoms with Crippen molar-refractivity contribution in [3.63, 3.8) is 0 Å². The SMILES string of the molecule is CC(C)(C)C=CN1C(=O)COCc2ccccc21. The molecule has 0 unspecified atom stereocenters. The van der Waals surface area contributed by atoms with Crippen molar-refractivity contribution in [1.29, 1.82) is 0 Å². The summed E-state index contributed by atoms with van der Waals surface area (Å²) in [5.41, 5.74) is 2.00. The third kappa shape index (κ3) is 2.99. The summed E-state index contributed by atoms with van der Waals surface area (Å²) in [5.74, 6) is -0.0274. The van der Waals surface area contributed by atoms with E-state index in [9.17, 15) is 4.79 Å². The summed E-state index contributed by atoms with van der Waals surface area (Å²) in [6, 6.07) is 7.85. The number of rotatable bonds is 1. The van der Waals surface area contributed by atoms with Gasteiger partial charge in [-0.2, -0.15) is 0 Å². The van der Waals surface area contributed by atoms with Crippen molar-refractivity contribution >= 4 is 11.6 Å². The van der Waals surface area contributed by atoms with Crippen LogP contribution in [0.2, 0.25) is 0 Å². The van der Waals surface area contributed by atoms with E-state index in [0.717, 1.165) is 11.3 Å². The van der Waals surface area contributed by atoms with Crippen LogP contribution in [0.4, 0.5) is 5.69 Å². The highest BCUT2D eigenvalue weighted by Gasteiger charge is 2.20. The number of carbonyl (C=O) groups is 1. The van der Waals surface area contributed by atoms with Gasteiger partial charge in [0.05, 0.1) is 12.3 Å². The van der Waals surface area contributed by atoms with Crippen molar-refractivity contribution in [1.82, 2.24) is 0 Å². The minimum atomic E-state index is -0.0274. The number of amides is 1. The first-order chi connectivity index (χ1) is 8.47. The number of anilines is 1. The molecule has 0 saturated heterocycles. The van der Waals surface area contributed by atoms with E-state index in [2.05, 4.69) is 20.8 Å². The maximum Gasteiger partial charge on any atom is 0.257 e. The van der Waals surface area contributed by atoms with E-state index in [4.69, 9.17) is 4.74 Å². The molecular weight excluding hydrogens is 226 g/mol. The van der Waals surface area contributed by atoms with Crippen molar-refractivity contribution < 1.29 is 9.53 Å². The molecule has 1 amide bonds. The molecule has 0 saturated carbocycles. The number of carbonyl (C=O) groups excluding carboxylic acids is 1. The first-order valence-electron chi connectivity index (χ1n) is 6.14. The predicted molar refractivity (Wildman–Crippen MR) is 72.2 cm³/mol. The molecule has 3 nitrogen and oxygen atoms in total. The van der Waals surface area contributed by atoms with E-state index in [1.54, 1.807) is 4.90 Å². The van der Waals surface area contributed by atoms with Crippen molar-refractivity contribution in [3.8, 4) is 0 Å². The quantitative estimate of drug-likeness (QED) is 0.761. The summed E-state index contributed by atoms with van der Waals surface area (Å²) in [6.07, 6.45) is 3.89. The molecule has 96 valence electrons. The topological polar surface area (TPSA) is 29.5 Å². The maximum absolute atomic E-state index is 12.0. The normalized spacial score (nSPS) is 16.8. The Morgan fingerprint density at radius 3 is 2.67 bits per heavy atom. The molecule has 0 bridgehead atoms. The second-order valence-electron chi connectivity index (χ2n) is 5.57. The highest BCUT2D eigenvalue weighted by Crippen LogP contribution is 2.25. The van der Waals surface area contributed by atoms with Gasteiger partial charge in [0.25, 0.3) is 5.91 Å². The number of nitrogens with zero attached hydrogens (tertiary/aromatic N) is 1. The lowest BCUT2D eigenvalue weighted by Crippen LogP contribution is -2.28. The van der Waals surface area contributed by atoms with E-state index in [1.807, 2.05) is 36.5 Å². The Balaban J connectivity index is 2.37. The largest absolute Gasteiger partial charge is 0.367 e. The Labute approximate surface area is 108 Å². The zero-order valence-electron chi connectivity index (χ0n) is 11.1. The highest BCUT2D eigenvalue weighted by molar-refractivity contribution is 5.97. The standard InChI is InChI=1S/C15H19NO2/c1-15(2,3)8-9-16-13-7-5-4-6-12(13)10-18-11-14(16)17/h4-9H,10-11H2,1-3H3. The summed E-state index contributed by atoms with van der Waals surface area (Å²) in [6.45, 7) is 6.93. The molecule has 1 aliphatic rings. The van der Waals surface area contributed by atoms with Gasteiger partial charge in [-0.3, -0.25) is 9.69 Å². The van der Waals surface area contributed by atoms with Crippen molar-refractivity contribution in [2.75, 3.05) is 11.5 Å². The number of ether oxygens (including phenoxy) is 1. The van der Waals surface area contributed by atoms with Crippen molar-refractivity contribution in [2.45, 2.75) is 27.4 Å². The molecule has 0 N–H and O–H groups in total. The lowest BCUT2D eigenvalue weighted by molar-refractivity contribution is -0.122. The molecule has 18 heavy (non-hydrogen) atoms. The Bertz CT molecular complexity index is 472. The molecule has 3 heteroatoms.